The SMILES string of the molecule is CN(C)C(=O)Cn1cc(C(=O)NC2CCN(Cc3ccc(F)cc3)CC2)nn1. The molecule has 8 nitrogen and oxygen atoms in total. The van der Waals surface area contributed by atoms with Gasteiger partial charge in [0, 0.05) is 39.8 Å². The molecule has 1 aromatic heterocycles. The summed E-state index contributed by atoms with van der Waals surface area (Å²) < 4.78 is 14.4. The van der Waals surface area contributed by atoms with Gasteiger partial charge >= 0.3 is 0 Å². The van der Waals surface area contributed by atoms with E-state index in [1.54, 1.807) is 26.2 Å². The first-order valence-corrected chi connectivity index (χ1v) is 9.28. The van der Waals surface area contributed by atoms with E-state index in [9.17, 15) is 14.0 Å². The summed E-state index contributed by atoms with van der Waals surface area (Å²) in [4.78, 5) is 27.8. The van der Waals surface area contributed by atoms with E-state index in [0.717, 1.165) is 38.0 Å². The van der Waals surface area contributed by atoms with E-state index in [4.69, 9.17) is 0 Å². The Kier molecular flexibility index (Phi) is 6.35. The monoisotopic (exact) mass is 388 g/mol. The number of piperidine rings is 1. The maximum Gasteiger partial charge on any atom is 0.273 e. The zero-order valence-corrected chi connectivity index (χ0v) is 16.1. The normalized spacial score (nSPS) is 15.4. The third-order valence-corrected chi connectivity index (χ3v) is 4.81. The van der Waals surface area contributed by atoms with Gasteiger partial charge in [0.25, 0.3) is 5.91 Å². The van der Waals surface area contributed by atoms with Crippen LogP contribution < -0.4 is 5.32 Å². The fourth-order valence-corrected chi connectivity index (χ4v) is 3.10. The highest BCUT2D eigenvalue weighted by molar-refractivity contribution is 5.92. The minimum absolute atomic E-state index is 0.0506. The van der Waals surface area contributed by atoms with Gasteiger partial charge in [-0.1, -0.05) is 17.3 Å². The fourth-order valence-electron chi connectivity index (χ4n) is 3.10. The molecule has 1 N–H and O–H groups in total. The first kappa shape index (κ1) is 19.9. The molecular weight excluding hydrogens is 363 g/mol. The number of halogens is 1. The Hall–Kier alpha value is -2.81. The molecule has 1 aliphatic heterocycles. The van der Waals surface area contributed by atoms with E-state index in [-0.39, 0.29) is 35.9 Å². The third kappa shape index (κ3) is 5.35. The van der Waals surface area contributed by atoms with E-state index in [1.807, 2.05) is 0 Å². The van der Waals surface area contributed by atoms with Crippen LogP contribution in [0.25, 0.3) is 0 Å². The van der Waals surface area contributed by atoms with Crippen molar-refractivity contribution in [3.8, 4) is 0 Å². The minimum atomic E-state index is -0.277. The van der Waals surface area contributed by atoms with E-state index >= 15 is 0 Å². The van der Waals surface area contributed by atoms with Crippen molar-refractivity contribution in [3.63, 3.8) is 0 Å². The number of carbonyl (C=O) groups excluding carboxylic acids is 2. The van der Waals surface area contributed by atoms with Crippen LogP contribution in [0.1, 0.15) is 28.9 Å². The predicted octanol–water partition coefficient (Wildman–Crippen LogP) is 0.900. The molecule has 9 heteroatoms. The first-order valence-electron chi connectivity index (χ1n) is 9.28. The molecule has 2 heterocycles. The van der Waals surface area contributed by atoms with Gasteiger partial charge in [0.1, 0.15) is 12.4 Å². The van der Waals surface area contributed by atoms with Gasteiger partial charge in [-0.2, -0.15) is 0 Å². The molecule has 0 radical (unpaired) electrons. The van der Waals surface area contributed by atoms with Gasteiger partial charge in [-0.05, 0) is 30.5 Å². The van der Waals surface area contributed by atoms with Gasteiger partial charge in [0.05, 0.1) is 6.20 Å². The van der Waals surface area contributed by atoms with E-state index in [1.165, 1.54) is 27.9 Å². The highest BCUT2D eigenvalue weighted by Gasteiger charge is 2.22. The highest BCUT2D eigenvalue weighted by Crippen LogP contribution is 2.14. The lowest BCUT2D eigenvalue weighted by Gasteiger charge is -2.32. The second kappa shape index (κ2) is 8.92. The fraction of sp³-hybridized carbons (Fsp3) is 0.474. The van der Waals surface area contributed by atoms with E-state index in [0.29, 0.717) is 0 Å². The van der Waals surface area contributed by atoms with Crippen LogP contribution in [0.2, 0.25) is 0 Å². The van der Waals surface area contributed by atoms with Crippen molar-refractivity contribution >= 4 is 11.8 Å². The summed E-state index contributed by atoms with van der Waals surface area (Å²) in [5, 5.41) is 10.7. The zero-order valence-electron chi connectivity index (χ0n) is 16.1. The Balaban J connectivity index is 1.45. The summed E-state index contributed by atoms with van der Waals surface area (Å²) in [5.41, 5.74) is 1.29. The van der Waals surface area contributed by atoms with Crippen molar-refractivity contribution in [1.82, 2.24) is 30.1 Å². The Morgan fingerprint density at radius 2 is 1.89 bits per heavy atom. The maximum absolute atomic E-state index is 13.0. The molecule has 28 heavy (non-hydrogen) atoms. The molecule has 1 fully saturated rings. The quantitative estimate of drug-likeness (QED) is 0.795. The highest BCUT2D eigenvalue weighted by atomic mass is 19.1. The summed E-state index contributed by atoms with van der Waals surface area (Å²) in [6.45, 7) is 2.53. The summed E-state index contributed by atoms with van der Waals surface area (Å²) in [6, 6.07) is 6.62. The summed E-state index contributed by atoms with van der Waals surface area (Å²) in [5.74, 6) is -0.626. The Morgan fingerprint density at radius 1 is 1.21 bits per heavy atom. The van der Waals surface area contributed by atoms with Crippen LogP contribution in [0, 0.1) is 5.82 Å². The second-order valence-electron chi connectivity index (χ2n) is 7.24. The smallest absolute Gasteiger partial charge is 0.273 e. The Labute approximate surface area is 163 Å². The number of amides is 2. The van der Waals surface area contributed by atoms with Crippen molar-refractivity contribution in [3.05, 3.63) is 47.5 Å². The molecule has 0 aliphatic carbocycles. The van der Waals surface area contributed by atoms with Crippen molar-refractivity contribution in [2.75, 3.05) is 27.2 Å². The van der Waals surface area contributed by atoms with Crippen molar-refractivity contribution in [1.29, 1.82) is 0 Å². The molecule has 0 spiro atoms. The number of hydrogen-bond acceptors (Lipinski definition) is 5. The first-order chi connectivity index (χ1) is 13.4. The van der Waals surface area contributed by atoms with E-state index < -0.39 is 0 Å². The molecule has 2 amide bonds. The number of nitrogens with one attached hydrogen (secondary N) is 1. The summed E-state index contributed by atoms with van der Waals surface area (Å²) in [6.07, 6.45) is 3.15. The molecule has 0 saturated carbocycles. The van der Waals surface area contributed by atoms with Crippen molar-refractivity contribution in [2.24, 2.45) is 0 Å². The summed E-state index contributed by atoms with van der Waals surface area (Å²) in [7, 11) is 3.32. The van der Waals surface area contributed by atoms with Crippen LogP contribution in [0.15, 0.2) is 30.5 Å². The number of hydrogen-bond donors (Lipinski definition) is 1. The number of benzene rings is 1. The van der Waals surface area contributed by atoms with Crippen LogP contribution in [0.4, 0.5) is 4.39 Å². The topological polar surface area (TPSA) is 83.4 Å². The number of likely N-dealkylation sites (N-methyl/N-ethyl adjacent to an activating group) is 1. The molecule has 3 rings (SSSR count). The lowest BCUT2D eigenvalue weighted by Crippen LogP contribution is -2.44. The molecule has 0 unspecified atom stereocenters. The minimum Gasteiger partial charge on any atom is -0.348 e. The van der Waals surface area contributed by atoms with Crippen LogP contribution in [-0.4, -0.2) is 69.8 Å². The lowest BCUT2D eigenvalue weighted by molar-refractivity contribution is -0.129. The van der Waals surface area contributed by atoms with Crippen molar-refractivity contribution in [2.45, 2.75) is 32.0 Å². The average Bonchev–Trinajstić information content (AvgIpc) is 3.14. The van der Waals surface area contributed by atoms with Crippen LogP contribution in [0.3, 0.4) is 0 Å². The number of nitrogens with zero attached hydrogens (tertiary/aromatic N) is 5. The number of aromatic nitrogens is 3. The van der Waals surface area contributed by atoms with Gasteiger partial charge in [-0.3, -0.25) is 14.5 Å². The maximum atomic E-state index is 13.0. The van der Waals surface area contributed by atoms with Crippen molar-refractivity contribution < 1.29 is 14.0 Å². The number of carbonyl (C=O) groups is 2. The van der Waals surface area contributed by atoms with Crippen LogP contribution in [-0.2, 0) is 17.9 Å². The number of rotatable bonds is 6. The second-order valence-corrected chi connectivity index (χ2v) is 7.24. The molecule has 150 valence electrons. The molecule has 1 aliphatic rings. The molecule has 2 aromatic rings. The van der Waals surface area contributed by atoms with Gasteiger partial charge in [-0.25, -0.2) is 9.07 Å². The Morgan fingerprint density at radius 3 is 2.54 bits per heavy atom. The average molecular weight is 388 g/mol. The van der Waals surface area contributed by atoms with Gasteiger partial charge in [0.15, 0.2) is 5.69 Å². The molecule has 0 bridgehead atoms. The van der Waals surface area contributed by atoms with Crippen LogP contribution >= 0.6 is 0 Å². The summed E-state index contributed by atoms with van der Waals surface area (Å²) >= 11 is 0. The molecular formula is C19H25FN6O2. The predicted molar refractivity (Wildman–Crippen MR) is 101 cm³/mol. The van der Waals surface area contributed by atoms with Crippen LogP contribution in [0.5, 0.6) is 0 Å². The molecule has 1 aromatic carbocycles. The molecule has 1 saturated heterocycles. The van der Waals surface area contributed by atoms with E-state index in [2.05, 4.69) is 20.5 Å². The molecule has 0 atom stereocenters. The lowest BCUT2D eigenvalue weighted by atomic mass is 10.0. The van der Waals surface area contributed by atoms with Gasteiger partial charge in [-0.15, -0.1) is 5.10 Å². The standard InChI is InChI=1S/C19H25FN6O2/c1-24(2)18(27)13-26-12-17(22-23-26)19(28)21-16-7-9-25(10-8-16)11-14-3-5-15(20)6-4-14/h3-6,12,16H,7-11,13H2,1-2H3,(H,21,28). The largest absolute Gasteiger partial charge is 0.348 e. The number of likely N-dealkylation sites (tertiary alicyclic amines) is 1. The van der Waals surface area contributed by atoms with Gasteiger partial charge < -0.3 is 10.2 Å². The zero-order chi connectivity index (χ0) is 20.1. The third-order valence-electron chi connectivity index (χ3n) is 4.81. The Bertz CT molecular complexity index is 812. The van der Waals surface area contributed by atoms with Gasteiger partial charge in [0.2, 0.25) is 5.91 Å².